The maximum atomic E-state index is 12.4. The third kappa shape index (κ3) is 5.28. The molecule has 2 N–H and O–H groups in total. The molecule has 1 heterocycles. The lowest BCUT2D eigenvalue weighted by atomic mass is 10.1. The third-order valence-electron chi connectivity index (χ3n) is 4.41. The summed E-state index contributed by atoms with van der Waals surface area (Å²) < 4.78 is 11.1. The summed E-state index contributed by atoms with van der Waals surface area (Å²) in [6.45, 7) is 4.04. The molecular weight excluding hydrogens is 387 g/mol. The Bertz CT molecular complexity index is 829. The Hall–Kier alpha value is -1.95. The Labute approximate surface area is 169 Å². The van der Waals surface area contributed by atoms with Crippen LogP contribution in [0, 0.1) is 0 Å². The van der Waals surface area contributed by atoms with Gasteiger partial charge in [-0.05, 0) is 36.8 Å². The molecule has 1 unspecified atom stereocenters. The highest BCUT2D eigenvalue weighted by Gasteiger charge is 2.18. The van der Waals surface area contributed by atoms with Crippen LogP contribution in [0.4, 0.5) is 0 Å². The summed E-state index contributed by atoms with van der Waals surface area (Å²) in [5.74, 6) is 1.44. The molecule has 0 bridgehead atoms. The van der Waals surface area contributed by atoms with E-state index in [0.29, 0.717) is 36.3 Å². The SMILES string of the molecule is C[C@@H](NC(=O)C[NH+](C)Cc1ccc(Cl)cc1Cl)c1ccc2c(c1)OCCO2. The van der Waals surface area contributed by atoms with Crippen LogP contribution in [0.25, 0.3) is 0 Å². The van der Waals surface area contributed by atoms with Crippen LogP contribution in [0.2, 0.25) is 10.0 Å². The van der Waals surface area contributed by atoms with E-state index in [1.807, 2.05) is 38.2 Å². The van der Waals surface area contributed by atoms with Crippen molar-refractivity contribution in [3.05, 3.63) is 57.6 Å². The van der Waals surface area contributed by atoms with E-state index in [9.17, 15) is 4.79 Å². The Morgan fingerprint density at radius 2 is 1.89 bits per heavy atom. The number of fused-ring (bicyclic) bond motifs is 1. The van der Waals surface area contributed by atoms with Crippen molar-refractivity contribution in [1.29, 1.82) is 0 Å². The van der Waals surface area contributed by atoms with Crippen LogP contribution in [0.3, 0.4) is 0 Å². The zero-order chi connectivity index (χ0) is 19.4. The molecule has 27 heavy (non-hydrogen) atoms. The molecule has 7 heteroatoms. The average molecular weight is 410 g/mol. The lowest BCUT2D eigenvalue weighted by molar-refractivity contribution is -0.885. The molecule has 0 fully saturated rings. The topological polar surface area (TPSA) is 52.0 Å². The first-order valence-corrected chi connectivity index (χ1v) is 9.62. The Morgan fingerprint density at radius 3 is 2.63 bits per heavy atom. The van der Waals surface area contributed by atoms with Crippen molar-refractivity contribution < 1.29 is 19.2 Å². The van der Waals surface area contributed by atoms with Gasteiger partial charge >= 0.3 is 0 Å². The van der Waals surface area contributed by atoms with Gasteiger partial charge in [-0.1, -0.05) is 35.3 Å². The van der Waals surface area contributed by atoms with Gasteiger partial charge < -0.3 is 19.7 Å². The summed E-state index contributed by atoms with van der Waals surface area (Å²) in [5, 5.41) is 4.25. The summed E-state index contributed by atoms with van der Waals surface area (Å²) in [5.41, 5.74) is 1.94. The standard InChI is InChI=1S/C20H22Cl2N2O3/c1-13(14-4-6-18-19(9-14)27-8-7-26-18)23-20(25)12-24(2)11-15-3-5-16(21)10-17(15)22/h3-6,9-10,13H,7-8,11-12H2,1-2H3,(H,23,25)/p+1/t13-/m1/s1. The second-order valence-electron chi connectivity index (χ2n) is 6.74. The van der Waals surface area contributed by atoms with Gasteiger partial charge in [0, 0.05) is 10.6 Å². The van der Waals surface area contributed by atoms with Crippen LogP contribution >= 0.6 is 23.2 Å². The highest BCUT2D eigenvalue weighted by Crippen LogP contribution is 2.32. The lowest BCUT2D eigenvalue weighted by Gasteiger charge is -2.21. The van der Waals surface area contributed by atoms with Crippen LogP contribution in [0.15, 0.2) is 36.4 Å². The molecule has 2 aromatic carbocycles. The van der Waals surface area contributed by atoms with Gasteiger partial charge in [-0.25, -0.2) is 0 Å². The third-order valence-corrected chi connectivity index (χ3v) is 5.00. The van der Waals surface area contributed by atoms with Crippen LogP contribution in [0.5, 0.6) is 11.5 Å². The summed E-state index contributed by atoms with van der Waals surface area (Å²) in [6, 6.07) is 11.0. The number of ether oxygens (including phenoxy) is 2. The molecule has 2 aromatic rings. The molecular formula is C20H23Cl2N2O3+. The molecule has 5 nitrogen and oxygen atoms in total. The minimum absolute atomic E-state index is 0.0278. The lowest BCUT2D eigenvalue weighted by Crippen LogP contribution is -3.08. The molecule has 0 spiro atoms. The van der Waals surface area contributed by atoms with Gasteiger partial charge in [-0.15, -0.1) is 0 Å². The largest absolute Gasteiger partial charge is 0.486 e. The summed E-state index contributed by atoms with van der Waals surface area (Å²) >= 11 is 12.1. The number of rotatable bonds is 6. The van der Waals surface area contributed by atoms with Crippen LogP contribution in [-0.2, 0) is 11.3 Å². The van der Waals surface area contributed by atoms with Gasteiger partial charge in [0.15, 0.2) is 18.0 Å². The van der Waals surface area contributed by atoms with Gasteiger partial charge in [0.05, 0.1) is 18.1 Å². The highest BCUT2D eigenvalue weighted by molar-refractivity contribution is 6.35. The first kappa shape index (κ1) is 19.8. The summed E-state index contributed by atoms with van der Waals surface area (Å²) in [4.78, 5) is 13.4. The number of hydrogen-bond donors (Lipinski definition) is 2. The smallest absolute Gasteiger partial charge is 0.275 e. The van der Waals surface area contributed by atoms with E-state index in [1.165, 1.54) is 0 Å². The maximum Gasteiger partial charge on any atom is 0.275 e. The number of amides is 1. The normalized spacial score (nSPS) is 15.1. The Morgan fingerprint density at radius 1 is 1.15 bits per heavy atom. The van der Waals surface area contributed by atoms with E-state index in [0.717, 1.165) is 27.5 Å². The second-order valence-corrected chi connectivity index (χ2v) is 7.58. The molecule has 1 amide bonds. The minimum atomic E-state index is -0.125. The zero-order valence-electron chi connectivity index (χ0n) is 15.4. The maximum absolute atomic E-state index is 12.4. The van der Waals surface area contributed by atoms with Gasteiger partial charge in [-0.3, -0.25) is 4.79 Å². The molecule has 0 saturated carbocycles. The van der Waals surface area contributed by atoms with E-state index < -0.39 is 0 Å². The monoisotopic (exact) mass is 409 g/mol. The molecule has 144 valence electrons. The van der Waals surface area contributed by atoms with Gasteiger partial charge in [0.2, 0.25) is 0 Å². The van der Waals surface area contributed by atoms with Crippen molar-refractivity contribution >= 4 is 29.1 Å². The van der Waals surface area contributed by atoms with Crippen LogP contribution in [0.1, 0.15) is 24.1 Å². The molecule has 1 aliphatic rings. The molecule has 0 radical (unpaired) electrons. The van der Waals surface area contributed by atoms with Crippen molar-refractivity contribution in [1.82, 2.24) is 5.32 Å². The van der Waals surface area contributed by atoms with E-state index in [2.05, 4.69) is 5.32 Å². The number of carbonyl (C=O) groups is 1. The predicted molar refractivity (Wildman–Crippen MR) is 106 cm³/mol. The first-order chi connectivity index (χ1) is 12.9. The molecule has 2 atom stereocenters. The van der Waals surface area contributed by atoms with E-state index in [1.54, 1.807) is 12.1 Å². The van der Waals surface area contributed by atoms with Crippen molar-refractivity contribution in [3.63, 3.8) is 0 Å². The summed E-state index contributed by atoms with van der Waals surface area (Å²) in [7, 11) is 1.96. The van der Waals surface area contributed by atoms with E-state index in [-0.39, 0.29) is 11.9 Å². The second kappa shape index (κ2) is 8.83. The average Bonchev–Trinajstić information content (AvgIpc) is 2.63. The number of nitrogens with one attached hydrogen (secondary N) is 2. The minimum Gasteiger partial charge on any atom is -0.486 e. The number of quaternary nitrogens is 1. The number of halogens is 2. The highest BCUT2D eigenvalue weighted by atomic mass is 35.5. The Balaban J connectivity index is 1.55. The number of carbonyl (C=O) groups excluding carboxylic acids is 1. The van der Waals surface area contributed by atoms with Gasteiger partial charge in [-0.2, -0.15) is 0 Å². The zero-order valence-corrected chi connectivity index (χ0v) is 16.9. The fourth-order valence-electron chi connectivity index (χ4n) is 3.03. The van der Waals surface area contributed by atoms with E-state index >= 15 is 0 Å². The molecule has 0 aromatic heterocycles. The number of benzene rings is 2. The fraction of sp³-hybridized carbons (Fsp3) is 0.350. The summed E-state index contributed by atoms with van der Waals surface area (Å²) in [6.07, 6.45) is 0. The van der Waals surface area contributed by atoms with Crippen molar-refractivity contribution in [3.8, 4) is 11.5 Å². The van der Waals surface area contributed by atoms with Gasteiger partial charge in [0.1, 0.15) is 19.8 Å². The van der Waals surface area contributed by atoms with Crippen LogP contribution < -0.4 is 19.7 Å². The molecule has 1 aliphatic heterocycles. The first-order valence-electron chi connectivity index (χ1n) is 8.86. The Kier molecular flexibility index (Phi) is 6.47. The molecule has 3 rings (SSSR count). The van der Waals surface area contributed by atoms with Crippen molar-refractivity contribution in [2.24, 2.45) is 0 Å². The van der Waals surface area contributed by atoms with Gasteiger partial charge in [0.25, 0.3) is 5.91 Å². The van der Waals surface area contributed by atoms with Crippen molar-refractivity contribution in [2.75, 3.05) is 26.8 Å². The molecule has 0 saturated heterocycles. The fourth-order valence-corrected chi connectivity index (χ4v) is 3.51. The predicted octanol–water partition coefficient (Wildman–Crippen LogP) is 2.66. The van der Waals surface area contributed by atoms with Crippen molar-refractivity contribution in [2.45, 2.75) is 19.5 Å². The van der Waals surface area contributed by atoms with E-state index in [4.69, 9.17) is 32.7 Å². The quantitative estimate of drug-likeness (QED) is 0.770. The van der Waals surface area contributed by atoms with Crippen LogP contribution in [-0.4, -0.2) is 32.7 Å². The molecule has 0 aliphatic carbocycles. The number of likely N-dealkylation sites (N-methyl/N-ethyl adjacent to an activating group) is 1. The number of hydrogen-bond acceptors (Lipinski definition) is 3.